The summed E-state index contributed by atoms with van der Waals surface area (Å²) in [4.78, 5) is 51.2. The van der Waals surface area contributed by atoms with Gasteiger partial charge in [-0.05, 0) is 123 Å². The summed E-state index contributed by atoms with van der Waals surface area (Å²) in [7, 11) is 4.03. The molecule has 1 aliphatic heterocycles. The lowest BCUT2D eigenvalue weighted by molar-refractivity contribution is -0.883. The van der Waals surface area contributed by atoms with Crippen molar-refractivity contribution in [1.29, 1.82) is 0 Å². The smallest absolute Gasteiger partial charge is 0.362 e. The maximum absolute atomic E-state index is 13.2. The van der Waals surface area contributed by atoms with Crippen molar-refractivity contribution in [2.45, 2.75) is 104 Å². The van der Waals surface area contributed by atoms with Crippen LogP contribution in [0.15, 0.2) is 24.3 Å². The van der Waals surface area contributed by atoms with Crippen LogP contribution < -0.4 is 0 Å². The number of hydrogen-bond donors (Lipinski definition) is 1. The number of esters is 1. The zero-order valence-corrected chi connectivity index (χ0v) is 29.3. The molecule has 0 radical (unpaired) electrons. The third-order valence-electron chi connectivity index (χ3n) is 14.1. The molecule has 1 aromatic rings. The maximum Gasteiger partial charge on any atom is 0.362 e. The molecule has 4 saturated carbocycles. The number of carboxylic acids is 1. The van der Waals surface area contributed by atoms with Crippen LogP contribution in [0, 0.1) is 46.3 Å². The number of hydrogen-bond acceptors (Lipinski definition) is 5. The molecule has 2 amide bonds. The fraction of sp³-hybridized carbons (Fsp3) is 0.744. The van der Waals surface area contributed by atoms with E-state index in [4.69, 9.17) is 4.74 Å². The van der Waals surface area contributed by atoms with E-state index in [-0.39, 0.29) is 36.9 Å². The van der Waals surface area contributed by atoms with Gasteiger partial charge in [-0.1, -0.05) is 32.9 Å². The fourth-order valence-corrected chi connectivity index (χ4v) is 11.6. The molecule has 0 aromatic heterocycles. The van der Waals surface area contributed by atoms with Gasteiger partial charge in [-0.15, -0.1) is 0 Å². The van der Waals surface area contributed by atoms with E-state index in [1.54, 1.807) is 24.3 Å². The van der Waals surface area contributed by atoms with E-state index in [2.05, 4.69) is 20.8 Å². The predicted octanol–water partition coefficient (Wildman–Crippen LogP) is 6.82. The molecule has 6 rings (SSSR count). The molecule has 1 aromatic carbocycles. The summed E-state index contributed by atoms with van der Waals surface area (Å²) >= 11 is 0. The van der Waals surface area contributed by atoms with Crippen molar-refractivity contribution in [2.24, 2.45) is 46.3 Å². The van der Waals surface area contributed by atoms with Crippen molar-refractivity contribution in [3.8, 4) is 0 Å². The van der Waals surface area contributed by atoms with E-state index < -0.39 is 5.97 Å². The number of ether oxygens (including phenoxy) is 1. The third-order valence-corrected chi connectivity index (χ3v) is 14.1. The largest absolute Gasteiger partial charge is 0.481 e. The second-order valence-electron chi connectivity index (χ2n) is 17.2. The molecule has 47 heavy (non-hydrogen) atoms. The molecule has 5 aliphatic rings. The first-order valence-corrected chi connectivity index (χ1v) is 18.4. The summed E-state index contributed by atoms with van der Waals surface area (Å²) in [6.45, 7) is 8.67. The van der Waals surface area contributed by atoms with Crippen molar-refractivity contribution < 1.29 is 33.5 Å². The Kier molecular flexibility index (Phi) is 9.40. The number of quaternary nitrogens is 1. The summed E-state index contributed by atoms with van der Waals surface area (Å²) in [5.41, 5.74) is 1.59. The Balaban J connectivity index is 0.985. The Morgan fingerprint density at radius 1 is 0.957 bits per heavy atom. The Morgan fingerprint density at radius 3 is 2.30 bits per heavy atom. The number of carbonyl (C=O) groups excluding carboxylic acids is 3. The minimum absolute atomic E-state index is 0.0183. The van der Waals surface area contributed by atoms with Gasteiger partial charge >= 0.3 is 11.9 Å². The van der Waals surface area contributed by atoms with Gasteiger partial charge in [0, 0.05) is 19.4 Å². The van der Waals surface area contributed by atoms with Crippen LogP contribution in [-0.2, 0) is 14.3 Å². The number of nitrogens with zero attached hydrogens (tertiary/aromatic N) is 2. The first-order chi connectivity index (χ1) is 22.2. The highest BCUT2D eigenvalue weighted by molar-refractivity contribution is 6.21. The zero-order valence-electron chi connectivity index (χ0n) is 29.3. The van der Waals surface area contributed by atoms with Crippen LogP contribution in [-0.4, -0.2) is 78.1 Å². The molecule has 4 fully saturated rings. The number of benzene rings is 1. The Labute approximate surface area is 281 Å². The Hall–Kier alpha value is -2.74. The molecule has 258 valence electrons. The van der Waals surface area contributed by atoms with Gasteiger partial charge in [0.1, 0.15) is 6.10 Å². The van der Waals surface area contributed by atoms with E-state index in [1.165, 1.54) is 43.4 Å². The van der Waals surface area contributed by atoms with Crippen LogP contribution >= 0.6 is 0 Å². The average molecular weight is 650 g/mol. The number of amides is 2. The standard InChI is InChI=1S/C39H56N2O6/c1-25(11-16-34(42)43)31-14-15-32-30-13-12-26-23-27(17-19-38(26,2)33(30)18-20-39(31,32)3)47-35(44)24-41(4,5)22-8-21-40-36(45)28-9-6-7-10-29(28)37(40)46/h6-7,9-10,25-27,30-33H,8,11-24H2,1-5H3/p+1/t25-,26-,27-,30+,31-,32+,33+,38+,39-/m1/s1. The molecule has 0 unspecified atom stereocenters. The number of imide groups is 1. The van der Waals surface area contributed by atoms with Gasteiger partial charge < -0.3 is 14.3 Å². The van der Waals surface area contributed by atoms with Gasteiger partial charge in [-0.3, -0.25) is 19.3 Å². The van der Waals surface area contributed by atoms with Gasteiger partial charge in [0.25, 0.3) is 11.8 Å². The number of fused-ring (bicyclic) bond motifs is 6. The van der Waals surface area contributed by atoms with Crippen LogP contribution in [0.4, 0.5) is 0 Å². The maximum atomic E-state index is 13.2. The third kappa shape index (κ3) is 6.40. The zero-order chi connectivity index (χ0) is 33.7. The minimum Gasteiger partial charge on any atom is -0.481 e. The van der Waals surface area contributed by atoms with Crippen LogP contribution in [0.1, 0.15) is 119 Å². The lowest BCUT2D eigenvalue weighted by Gasteiger charge is -2.61. The molecule has 0 spiro atoms. The van der Waals surface area contributed by atoms with Gasteiger partial charge in [0.15, 0.2) is 6.54 Å². The molecule has 1 N–H and O–H groups in total. The van der Waals surface area contributed by atoms with Crippen molar-refractivity contribution in [3.63, 3.8) is 0 Å². The lowest BCUT2D eigenvalue weighted by atomic mass is 9.44. The topological polar surface area (TPSA) is 101 Å². The normalized spacial score (nSPS) is 35.5. The van der Waals surface area contributed by atoms with Crippen molar-refractivity contribution in [1.82, 2.24) is 4.90 Å². The van der Waals surface area contributed by atoms with E-state index in [0.717, 1.165) is 43.4 Å². The second-order valence-corrected chi connectivity index (χ2v) is 17.2. The molecule has 8 nitrogen and oxygen atoms in total. The molecule has 0 bridgehead atoms. The van der Waals surface area contributed by atoms with Gasteiger partial charge in [0.2, 0.25) is 0 Å². The quantitative estimate of drug-likeness (QED) is 0.160. The SMILES string of the molecule is C[C@H](CCC(=O)O)[C@H]1CC[C@H]2[C@@H]3CC[C@@H]4C[C@H](OC(=O)C[N+](C)(C)CCCN5C(=O)c6ccccc6C5=O)CC[C@]4(C)[C@H]3CC[C@]12C. The highest BCUT2D eigenvalue weighted by Crippen LogP contribution is 2.68. The number of carboxylic acid groups (broad SMARTS) is 1. The van der Waals surface area contributed by atoms with Gasteiger partial charge in [-0.25, -0.2) is 4.79 Å². The number of carbonyl (C=O) groups is 4. The van der Waals surface area contributed by atoms with E-state index in [9.17, 15) is 24.3 Å². The highest BCUT2D eigenvalue weighted by Gasteiger charge is 2.60. The Bertz CT molecular complexity index is 1360. The van der Waals surface area contributed by atoms with Crippen LogP contribution in [0.25, 0.3) is 0 Å². The average Bonchev–Trinajstić information content (AvgIpc) is 3.49. The summed E-state index contributed by atoms with van der Waals surface area (Å²) < 4.78 is 6.62. The van der Waals surface area contributed by atoms with Crippen molar-refractivity contribution in [2.75, 3.05) is 33.7 Å². The summed E-state index contributed by atoms with van der Waals surface area (Å²) in [6.07, 6.45) is 12.3. The molecule has 8 heteroatoms. The first-order valence-electron chi connectivity index (χ1n) is 18.4. The predicted molar refractivity (Wildman–Crippen MR) is 179 cm³/mol. The molecule has 1 heterocycles. The number of aliphatic carboxylic acids is 1. The van der Waals surface area contributed by atoms with Crippen LogP contribution in [0.2, 0.25) is 0 Å². The first kappa shape index (κ1) is 34.1. The van der Waals surface area contributed by atoms with Gasteiger partial charge in [-0.2, -0.15) is 0 Å². The van der Waals surface area contributed by atoms with E-state index in [1.807, 2.05) is 14.1 Å². The summed E-state index contributed by atoms with van der Waals surface area (Å²) in [5.74, 6) is 2.67. The number of rotatable bonds is 11. The van der Waals surface area contributed by atoms with Crippen molar-refractivity contribution >= 4 is 23.8 Å². The molecule has 0 saturated heterocycles. The lowest BCUT2D eigenvalue weighted by Crippen LogP contribution is -2.54. The summed E-state index contributed by atoms with van der Waals surface area (Å²) in [6, 6.07) is 6.97. The Morgan fingerprint density at radius 2 is 1.62 bits per heavy atom. The number of likely N-dealkylation sites (N-methyl/N-ethyl adjacent to an activating group) is 1. The highest BCUT2D eigenvalue weighted by atomic mass is 16.5. The monoisotopic (exact) mass is 649 g/mol. The van der Waals surface area contributed by atoms with Crippen LogP contribution in [0.5, 0.6) is 0 Å². The molecular weight excluding hydrogens is 592 g/mol. The van der Waals surface area contributed by atoms with E-state index in [0.29, 0.717) is 63.7 Å². The molecule has 4 aliphatic carbocycles. The van der Waals surface area contributed by atoms with E-state index >= 15 is 0 Å². The van der Waals surface area contributed by atoms with Gasteiger partial charge in [0.05, 0.1) is 31.8 Å². The van der Waals surface area contributed by atoms with Crippen molar-refractivity contribution in [3.05, 3.63) is 35.4 Å². The second kappa shape index (κ2) is 12.9. The van der Waals surface area contributed by atoms with Crippen LogP contribution in [0.3, 0.4) is 0 Å². The fourth-order valence-electron chi connectivity index (χ4n) is 11.6. The summed E-state index contributed by atoms with van der Waals surface area (Å²) in [5, 5.41) is 9.27. The molecule has 9 atom stereocenters. The minimum atomic E-state index is -0.673. The molecular formula is C39H57N2O6+.